The normalized spacial score (nSPS) is 18.4. The summed E-state index contributed by atoms with van der Waals surface area (Å²) in [5.41, 5.74) is 3.38. The van der Waals surface area contributed by atoms with E-state index in [0.717, 1.165) is 10.6 Å². The van der Waals surface area contributed by atoms with Gasteiger partial charge in [-0.3, -0.25) is 4.79 Å². The van der Waals surface area contributed by atoms with E-state index >= 15 is 0 Å². The fourth-order valence-electron chi connectivity index (χ4n) is 2.20. The predicted octanol–water partition coefficient (Wildman–Crippen LogP) is 4.17. The van der Waals surface area contributed by atoms with Crippen LogP contribution in [0.25, 0.3) is 0 Å². The van der Waals surface area contributed by atoms with Gasteiger partial charge >= 0.3 is 0 Å². The average Bonchev–Trinajstić information content (AvgIpc) is 2.57. The van der Waals surface area contributed by atoms with Gasteiger partial charge in [0.05, 0.1) is 5.69 Å². The first-order valence-corrected chi connectivity index (χ1v) is 7.22. The van der Waals surface area contributed by atoms with Crippen molar-refractivity contribution in [1.82, 2.24) is 0 Å². The van der Waals surface area contributed by atoms with E-state index in [2.05, 4.69) is 42.6 Å². The summed E-state index contributed by atoms with van der Waals surface area (Å²) >= 11 is 1.76. The Bertz CT molecular complexity index is 606. The molecular weight excluding hydrogens is 254 g/mol. The van der Waals surface area contributed by atoms with Crippen LogP contribution in [0.4, 0.5) is 5.69 Å². The molecule has 1 aliphatic heterocycles. The number of benzene rings is 2. The molecule has 0 bridgehead atoms. The van der Waals surface area contributed by atoms with Crippen LogP contribution in [-0.2, 0) is 4.79 Å². The molecule has 0 radical (unpaired) electrons. The van der Waals surface area contributed by atoms with Gasteiger partial charge in [-0.2, -0.15) is 0 Å². The molecule has 3 rings (SSSR count). The van der Waals surface area contributed by atoms with E-state index in [0.29, 0.717) is 6.42 Å². The standard InChI is InChI=1S/C16H15NOS/c1-11-6-8-12(9-7-11)15-10-16(18)17-13-4-2-3-5-14(13)19-15/h2-9,15H,10H2,1H3,(H,17,18). The first kappa shape index (κ1) is 12.3. The Hall–Kier alpha value is -1.74. The van der Waals surface area contributed by atoms with Crippen molar-refractivity contribution in [2.24, 2.45) is 0 Å². The Morgan fingerprint density at radius 3 is 2.63 bits per heavy atom. The zero-order chi connectivity index (χ0) is 13.2. The summed E-state index contributed by atoms with van der Waals surface area (Å²) in [6.07, 6.45) is 0.516. The van der Waals surface area contributed by atoms with Gasteiger partial charge in [-0.05, 0) is 24.6 Å². The van der Waals surface area contributed by atoms with Crippen LogP contribution in [0.3, 0.4) is 0 Å². The number of para-hydroxylation sites is 1. The van der Waals surface area contributed by atoms with Gasteiger partial charge in [0.15, 0.2) is 0 Å². The van der Waals surface area contributed by atoms with E-state index in [1.165, 1.54) is 11.1 Å². The summed E-state index contributed by atoms with van der Waals surface area (Å²) in [7, 11) is 0. The van der Waals surface area contributed by atoms with Crippen LogP contribution in [-0.4, -0.2) is 5.91 Å². The van der Waals surface area contributed by atoms with Crippen LogP contribution < -0.4 is 5.32 Å². The first-order chi connectivity index (χ1) is 9.22. The summed E-state index contributed by atoms with van der Waals surface area (Å²) in [4.78, 5) is 13.1. The summed E-state index contributed by atoms with van der Waals surface area (Å²) in [6.45, 7) is 2.08. The molecule has 1 unspecified atom stereocenters. The van der Waals surface area contributed by atoms with Crippen molar-refractivity contribution < 1.29 is 4.79 Å². The van der Waals surface area contributed by atoms with Crippen LogP contribution >= 0.6 is 11.8 Å². The lowest BCUT2D eigenvalue weighted by molar-refractivity contribution is -0.116. The molecule has 96 valence electrons. The van der Waals surface area contributed by atoms with Gasteiger partial charge in [0.2, 0.25) is 5.91 Å². The summed E-state index contributed by atoms with van der Waals surface area (Å²) in [5.74, 6) is 0.0861. The van der Waals surface area contributed by atoms with E-state index in [1.54, 1.807) is 11.8 Å². The van der Waals surface area contributed by atoms with Crippen LogP contribution in [0.15, 0.2) is 53.4 Å². The lowest BCUT2D eigenvalue weighted by atomic mass is 10.1. The molecule has 2 aromatic carbocycles. The highest BCUT2D eigenvalue weighted by atomic mass is 32.2. The Morgan fingerprint density at radius 2 is 1.84 bits per heavy atom. The second-order valence-electron chi connectivity index (χ2n) is 4.77. The van der Waals surface area contributed by atoms with Crippen LogP contribution in [0.5, 0.6) is 0 Å². The van der Waals surface area contributed by atoms with E-state index in [1.807, 2.05) is 18.2 Å². The van der Waals surface area contributed by atoms with E-state index < -0.39 is 0 Å². The number of anilines is 1. The number of carbonyl (C=O) groups excluding carboxylic acids is 1. The lowest BCUT2D eigenvalue weighted by Gasteiger charge is -2.13. The van der Waals surface area contributed by atoms with Crippen molar-refractivity contribution in [3.63, 3.8) is 0 Å². The molecule has 3 heteroatoms. The summed E-state index contributed by atoms with van der Waals surface area (Å²) in [6, 6.07) is 16.4. The molecule has 0 aliphatic carbocycles. The second kappa shape index (κ2) is 5.10. The van der Waals surface area contributed by atoms with Gasteiger partial charge in [-0.25, -0.2) is 0 Å². The SMILES string of the molecule is Cc1ccc(C2CC(=O)Nc3ccccc3S2)cc1. The van der Waals surface area contributed by atoms with Gasteiger partial charge in [-0.1, -0.05) is 42.0 Å². The van der Waals surface area contributed by atoms with Crippen molar-refractivity contribution >= 4 is 23.4 Å². The molecule has 0 fully saturated rings. The van der Waals surface area contributed by atoms with Crippen molar-refractivity contribution in [3.8, 4) is 0 Å². The number of hydrogen-bond donors (Lipinski definition) is 1. The highest BCUT2D eigenvalue weighted by Gasteiger charge is 2.23. The van der Waals surface area contributed by atoms with Gasteiger partial charge in [-0.15, -0.1) is 11.8 Å². The zero-order valence-electron chi connectivity index (χ0n) is 10.7. The second-order valence-corrected chi connectivity index (χ2v) is 6.01. The van der Waals surface area contributed by atoms with Crippen LogP contribution in [0.2, 0.25) is 0 Å². The molecule has 2 nitrogen and oxygen atoms in total. The molecule has 1 N–H and O–H groups in total. The monoisotopic (exact) mass is 269 g/mol. The Labute approximate surface area is 117 Å². The molecular formula is C16H15NOS. The number of hydrogen-bond acceptors (Lipinski definition) is 2. The Morgan fingerprint density at radius 1 is 1.11 bits per heavy atom. The quantitative estimate of drug-likeness (QED) is 0.841. The van der Waals surface area contributed by atoms with Crippen LogP contribution in [0, 0.1) is 6.92 Å². The van der Waals surface area contributed by atoms with E-state index in [-0.39, 0.29) is 11.2 Å². The zero-order valence-corrected chi connectivity index (χ0v) is 11.5. The highest BCUT2D eigenvalue weighted by molar-refractivity contribution is 7.99. The third-order valence-electron chi connectivity index (χ3n) is 3.25. The molecule has 1 heterocycles. The molecule has 1 atom stereocenters. The molecule has 0 saturated heterocycles. The Kier molecular flexibility index (Phi) is 3.30. The smallest absolute Gasteiger partial charge is 0.225 e. The molecule has 1 aliphatic rings. The topological polar surface area (TPSA) is 29.1 Å². The fourth-order valence-corrected chi connectivity index (χ4v) is 3.44. The predicted molar refractivity (Wildman–Crippen MR) is 79.5 cm³/mol. The van der Waals surface area contributed by atoms with Gasteiger partial charge < -0.3 is 5.32 Å². The number of fused-ring (bicyclic) bond motifs is 1. The van der Waals surface area contributed by atoms with Gasteiger partial charge in [0, 0.05) is 16.6 Å². The average molecular weight is 269 g/mol. The summed E-state index contributed by atoms with van der Waals surface area (Å²) < 4.78 is 0. The van der Waals surface area contributed by atoms with Gasteiger partial charge in [0.1, 0.15) is 0 Å². The maximum Gasteiger partial charge on any atom is 0.225 e. The van der Waals surface area contributed by atoms with Crippen molar-refractivity contribution in [3.05, 3.63) is 59.7 Å². The van der Waals surface area contributed by atoms with E-state index in [4.69, 9.17) is 0 Å². The minimum atomic E-state index is 0.0861. The highest BCUT2D eigenvalue weighted by Crippen LogP contribution is 2.43. The fraction of sp³-hybridized carbons (Fsp3) is 0.188. The number of carbonyl (C=O) groups is 1. The minimum Gasteiger partial charge on any atom is -0.325 e. The molecule has 2 aromatic rings. The molecule has 0 saturated carbocycles. The van der Waals surface area contributed by atoms with Gasteiger partial charge in [0.25, 0.3) is 0 Å². The number of thioether (sulfide) groups is 1. The number of rotatable bonds is 1. The lowest BCUT2D eigenvalue weighted by Crippen LogP contribution is -2.11. The minimum absolute atomic E-state index is 0.0861. The third kappa shape index (κ3) is 2.66. The molecule has 1 amide bonds. The molecule has 19 heavy (non-hydrogen) atoms. The molecule has 0 spiro atoms. The van der Waals surface area contributed by atoms with Crippen LogP contribution in [0.1, 0.15) is 22.8 Å². The number of nitrogens with one attached hydrogen (secondary N) is 1. The third-order valence-corrected chi connectivity index (χ3v) is 4.58. The maximum absolute atomic E-state index is 12.0. The number of amides is 1. The number of aryl methyl sites for hydroxylation is 1. The Balaban J connectivity index is 1.95. The largest absolute Gasteiger partial charge is 0.325 e. The van der Waals surface area contributed by atoms with Crippen molar-refractivity contribution in [2.75, 3.05) is 5.32 Å². The van der Waals surface area contributed by atoms with E-state index in [9.17, 15) is 4.79 Å². The van der Waals surface area contributed by atoms with Crippen molar-refractivity contribution in [1.29, 1.82) is 0 Å². The van der Waals surface area contributed by atoms with Crippen molar-refractivity contribution in [2.45, 2.75) is 23.5 Å². The maximum atomic E-state index is 12.0. The first-order valence-electron chi connectivity index (χ1n) is 6.34. The molecule has 0 aromatic heterocycles. The summed E-state index contributed by atoms with van der Waals surface area (Å²) in [5, 5.41) is 3.16.